The number of nitrogens with two attached hydrogens (primary N) is 1. The summed E-state index contributed by atoms with van der Waals surface area (Å²) in [6.45, 7) is 24.8. The van der Waals surface area contributed by atoms with Crippen molar-refractivity contribution in [2.75, 3.05) is 69.0 Å². The Labute approximate surface area is 355 Å². The molecule has 5 heterocycles. The fourth-order valence-electron chi connectivity index (χ4n) is 8.50. The lowest BCUT2D eigenvalue weighted by Crippen LogP contribution is -2.74. The molecule has 1 aromatic heterocycles. The van der Waals surface area contributed by atoms with Crippen molar-refractivity contribution in [2.24, 2.45) is 27.2 Å². The molecule has 7 rings (SSSR count). The molecular formula is C45H68N8O7+2. The molecule has 2 atom stereocenters. The van der Waals surface area contributed by atoms with E-state index in [0.717, 1.165) is 66.5 Å². The van der Waals surface area contributed by atoms with E-state index >= 15 is 0 Å². The van der Waals surface area contributed by atoms with Gasteiger partial charge in [0.2, 0.25) is 6.29 Å². The quantitative estimate of drug-likeness (QED) is 0.0684. The van der Waals surface area contributed by atoms with Crippen LogP contribution in [0, 0.1) is 16.2 Å². The van der Waals surface area contributed by atoms with E-state index in [2.05, 4.69) is 90.5 Å². The van der Waals surface area contributed by atoms with Crippen LogP contribution in [-0.4, -0.2) is 121 Å². The SMILES string of the molecule is CC(C)Oc1cc(N2CC(C)(CO)C2)ccc1-c1c[n+](CC2CC(C)(C)O2)n(CC(C)Oc2cc(N3CC(C)(CO)C3)ccc2/C(C=[NH+]CC2OCC(C)(C)CO2)=N/N)n1. The van der Waals surface area contributed by atoms with Gasteiger partial charge in [0.25, 0.3) is 5.69 Å². The van der Waals surface area contributed by atoms with Gasteiger partial charge in [-0.3, -0.25) is 0 Å². The average Bonchev–Trinajstić information content (AvgIpc) is 3.54. The Balaban J connectivity index is 1.15. The Bertz CT molecular complexity index is 2020. The van der Waals surface area contributed by atoms with Gasteiger partial charge >= 0.3 is 0 Å². The van der Waals surface area contributed by atoms with E-state index in [1.54, 1.807) is 6.21 Å². The minimum atomic E-state index is -0.379. The molecule has 15 heteroatoms. The van der Waals surface area contributed by atoms with Gasteiger partial charge < -0.3 is 49.5 Å². The normalized spacial score (nSPS) is 22.7. The minimum absolute atomic E-state index is 0.0198. The van der Waals surface area contributed by atoms with Crippen LogP contribution in [0.3, 0.4) is 0 Å². The van der Waals surface area contributed by atoms with Gasteiger partial charge in [-0.2, -0.15) is 9.78 Å². The summed E-state index contributed by atoms with van der Waals surface area (Å²) in [4.78, 5) is 9.77. The highest BCUT2D eigenvalue weighted by Crippen LogP contribution is 2.40. The summed E-state index contributed by atoms with van der Waals surface area (Å²) in [5.41, 5.74) is 4.57. The number of ether oxygens (including phenoxy) is 5. The first-order chi connectivity index (χ1) is 28.4. The van der Waals surface area contributed by atoms with E-state index < -0.39 is 0 Å². The number of nitrogens with zero attached hydrogens (tertiary/aromatic N) is 6. The standard InChI is InChI=1S/C45H67N8O7/c1-30(2)58-39-14-32(50-22-44(8,23-50)26-54)11-13-36(39)38-21-52(20-34-16-43(6,7)60-34)53(49-38)19-31(3)59-40-15-33(51-24-45(9,25-51)27-55)10-12-35(40)37(48-46)17-47-18-41-56-28-42(4,5)29-57-41/h10-15,17,21,30-31,34,41,54-55H,16,18-20,22-29,46H2,1-9H3/q+1/p+1/b47-17?,48-37+. The van der Waals surface area contributed by atoms with Gasteiger partial charge in [-0.15, -0.1) is 0 Å². The molecule has 4 saturated heterocycles. The maximum Gasteiger partial charge on any atom is 0.252 e. The number of aliphatic hydroxyl groups is 2. The highest BCUT2D eigenvalue weighted by Gasteiger charge is 2.41. The first kappa shape index (κ1) is 43.8. The molecule has 0 aliphatic carbocycles. The van der Waals surface area contributed by atoms with Crippen LogP contribution < -0.4 is 34.8 Å². The number of anilines is 2. The fourth-order valence-corrected chi connectivity index (χ4v) is 8.50. The van der Waals surface area contributed by atoms with Crippen LogP contribution in [0.1, 0.15) is 74.3 Å². The molecule has 5 N–H and O–H groups in total. The molecule has 2 unspecified atom stereocenters. The van der Waals surface area contributed by atoms with Crippen LogP contribution >= 0.6 is 0 Å². The molecule has 2 aromatic carbocycles. The van der Waals surface area contributed by atoms with Crippen molar-refractivity contribution in [2.45, 2.75) is 112 Å². The molecule has 15 nitrogen and oxygen atoms in total. The molecule has 0 spiro atoms. The Morgan fingerprint density at radius 2 is 1.53 bits per heavy atom. The van der Waals surface area contributed by atoms with Crippen LogP contribution in [0.5, 0.6) is 11.5 Å². The van der Waals surface area contributed by atoms with E-state index in [4.69, 9.17) is 34.6 Å². The first-order valence-corrected chi connectivity index (χ1v) is 21.5. The molecule has 60 heavy (non-hydrogen) atoms. The zero-order valence-electron chi connectivity index (χ0n) is 37.1. The second-order valence-corrected chi connectivity index (χ2v) is 19.9. The lowest BCUT2D eigenvalue weighted by Gasteiger charge is -2.48. The van der Waals surface area contributed by atoms with Crippen molar-refractivity contribution in [3.8, 4) is 22.8 Å². The minimum Gasteiger partial charge on any atom is -0.490 e. The van der Waals surface area contributed by atoms with E-state index in [1.165, 1.54) is 0 Å². The Kier molecular flexibility index (Phi) is 12.6. The van der Waals surface area contributed by atoms with Crippen LogP contribution in [0.15, 0.2) is 47.7 Å². The molecule has 4 fully saturated rings. The summed E-state index contributed by atoms with van der Waals surface area (Å²) in [5, 5.41) is 29.2. The number of aliphatic hydroxyl groups excluding tert-OH is 2. The van der Waals surface area contributed by atoms with Crippen LogP contribution in [0.4, 0.5) is 11.4 Å². The molecule has 0 bridgehead atoms. The number of hydrogen-bond donors (Lipinski definition) is 4. The summed E-state index contributed by atoms with van der Waals surface area (Å²) in [6.07, 6.45) is 4.08. The topological polar surface area (TPSA) is 167 Å². The summed E-state index contributed by atoms with van der Waals surface area (Å²) in [5.74, 6) is 7.43. The second-order valence-electron chi connectivity index (χ2n) is 19.9. The van der Waals surface area contributed by atoms with Gasteiger partial charge in [-0.1, -0.05) is 27.7 Å². The number of hydrogen-bond acceptors (Lipinski definition) is 12. The third-order valence-electron chi connectivity index (χ3n) is 11.7. The van der Waals surface area contributed by atoms with Crippen LogP contribution in [-0.2, 0) is 27.3 Å². The van der Waals surface area contributed by atoms with Gasteiger partial charge in [0.15, 0.2) is 24.7 Å². The zero-order chi connectivity index (χ0) is 43.0. The van der Waals surface area contributed by atoms with Crippen molar-refractivity contribution < 1.29 is 43.6 Å². The van der Waals surface area contributed by atoms with Crippen molar-refractivity contribution in [1.29, 1.82) is 0 Å². The highest BCUT2D eigenvalue weighted by atomic mass is 16.7. The number of nitrogens with one attached hydrogen (secondary N) is 1. The molecule has 4 aliphatic heterocycles. The summed E-state index contributed by atoms with van der Waals surface area (Å²) in [6, 6.07) is 12.3. The van der Waals surface area contributed by atoms with Crippen molar-refractivity contribution in [1.82, 2.24) is 9.90 Å². The molecule has 0 amide bonds. The molecule has 4 aliphatic rings. The van der Waals surface area contributed by atoms with Crippen LogP contribution in [0.25, 0.3) is 11.3 Å². The lowest BCUT2D eigenvalue weighted by molar-refractivity contribution is -0.788. The van der Waals surface area contributed by atoms with E-state index in [-0.39, 0.29) is 59.7 Å². The van der Waals surface area contributed by atoms with Crippen molar-refractivity contribution >= 4 is 23.3 Å². The molecule has 0 radical (unpaired) electrons. The average molecular weight is 833 g/mol. The number of benzene rings is 2. The smallest absolute Gasteiger partial charge is 0.252 e. The summed E-state index contributed by atoms with van der Waals surface area (Å²) >= 11 is 0. The maximum atomic E-state index is 9.95. The lowest BCUT2D eigenvalue weighted by atomic mass is 9.82. The monoisotopic (exact) mass is 833 g/mol. The molecule has 0 saturated carbocycles. The van der Waals surface area contributed by atoms with Crippen molar-refractivity contribution in [3.63, 3.8) is 0 Å². The Morgan fingerprint density at radius 1 is 0.933 bits per heavy atom. The van der Waals surface area contributed by atoms with Gasteiger partial charge in [0.05, 0.1) is 49.3 Å². The Hall–Kier alpha value is -4.28. The van der Waals surface area contributed by atoms with Gasteiger partial charge in [0, 0.05) is 77.5 Å². The predicted octanol–water partition coefficient (Wildman–Crippen LogP) is 2.51. The predicted molar refractivity (Wildman–Crippen MR) is 231 cm³/mol. The summed E-state index contributed by atoms with van der Waals surface area (Å²) < 4.78 is 33.5. The van der Waals surface area contributed by atoms with Crippen LogP contribution in [0.2, 0.25) is 0 Å². The molecule has 3 aromatic rings. The first-order valence-electron chi connectivity index (χ1n) is 21.5. The third kappa shape index (κ3) is 10.1. The van der Waals surface area contributed by atoms with E-state index in [0.29, 0.717) is 44.3 Å². The van der Waals surface area contributed by atoms with E-state index in [9.17, 15) is 10.2 Å². The molecule has 328 valence electrons. The zero-order valence-corrected chi connectivity index (χ0v) is 37.1. The summed E-state index contributed by atoms with van der Waals surface area (Å²) in [7, 11) is 0. The highest BCUT2D eigenvalue weighted by molar-refractivity contribution is 6.37. The molecular weight excluding hydrogens is 765 g/mol. The van der Waals surface area contributed by atoms with Gasteiger partial charge in [-0.05, 0) is 63.7 Å². The third-order valence-corrected chi connectivity index (χ3v) is 11.7. The van der Waals surface area contributed by atoms with Gasteiger partial charge in [-0.25, -0.2) is 4.99 Å². The van der Waals surface area contributed by atoms with Crippen molar-refractivity contribution in [3.05, 3.63) is 48.2 Å². The number of hydrazone groups is 1. The number of rotatable bonds is 17. The Morgan fingerprint density at radius 3 is 2.10 bits per heavy atom. The van der Waals surface area contributed by atoms with E-state index in [1.807, 2.05) is 43.8 Å². The second kappa shape index (κ2) is 17.2. The number of aromatic nitrogens is 3. The fraction of sp³-hybridized carbons (Fsp3) is 0.644. The largest absolute Gasteiger partial charge is 0.490 e. The maximum absolute atomic E-state index is 9.95. The van der Waals surface area contributed by atoms with Gasteiger partial charge in [0.1, 0.15) is 36.8 Å².